The molecule has 100 valence electrons. The number of hydrogen-bond acceptors (Lipinski definition) is 1. The van der Waals surface area contributed by atoms with Crippen molar-refractivity contribution in [3.8, 4) is 5.75 Å². The van der Waals surface area contributed by atoms with Crippen molar-refractivity contribution in [1.29, 1.82) is 0 Å². The van der Waals surface area contributed by atoms with Gasteiger partial charge in [0.05, 0.1) is 11.9 Å². The van der Waals surface area contributed by atoms with Gasteiger partial charge in [0.25, 0.3) is 0 Å². The maximum Gasteiger partial charge on any atom is 0.123 e. The lowest BCUT2D eigenvalue weighted by Crippen LogP contribution is -2.00. The first-order valence-electron chi connectivity index (χ1n) is 5.76. The lowest BCUT2D eigenvalue weighted by molar-refractivity contribution is 0.410. The first kappa shape index (κ1) is 14.5. The lowest BCUT2D eigenvalue weighted by atomic mass is 9.99. The highest BCUT2D eigenvalue weighted by molar-refractivity contribution is 9.10. The first-order chi connectivity index (χ1) is 9.02. The van der Waals surface area contributed by atoms with Gasteiger partial charge in [-0.1, -0.05) is 37.9 Å². The summed E-state index contributed by atoms with van der Waals surface area (Å²) in [6.07, 6.45) is 0. The number of rotatable bonds is 3. The lowest BCUT2D eigenvalue weighted by Gasteiger charge is -2.17. The summed E-state index contributed by atoms with van der Waals surface area (Å²) < 4.78 is 19.8. The number of benzene rings is 2. The number of methoxy groups -OCH3 is 1. The van der Waals surface area contributed by atoms with E-state index in [9.17, 15) is 4.39 Å². The van der Waals surface area contributed by atoms with Crippen LogP contribution in [-0.2, 0) is 0 Å². The molecule has 0 saturated carbocycles. The molecule has 1 nitrogen and oxygen atoms in total. The van der Waals surface area contributed by atoms with Crippen molar-refractivity contribution >= 4 is 31.9 Å². The highest BCUT2D eigenvalue weighted by Crippen LogP contribution is 2.39. The van der Waals surface area contributed by atoms with Gasteiger partial charge >= 0.3 is 0 Å². The molecule has 2 rings (SSSR count). The van der Waals surface area contributed by atoms with E-state index in [2.05, 4.69) is 31.9 Å². The number of hydrogen-bond donors (Lipinski definition) is 0. The fraction of sp³-hybridized carbons (Fsp3) is 0.200. The molecular weight excluding hydrogens is 375 g/mol. The van der Waals surface area contributed by atoms with Crippen LogP contribution in [0, 0.1) is 12.7 Å². The summed E-state index contributed by atoms with van der Waals surface area (Å²) in [7, 11) is 1.63. The van der Waals surface area contributed by atoms with E-state index in [0.29, 0.717) is 0 Å². The molecule has 1 unspecified atom stereocenters. The molecule has 0 aliphatic heterocycles. The van der Waals surface area contributed by atoms with Gasteiger partial charge in [-0.15, -0.1) is 0 Å². The predicted molar refractivity (Wildman–Crippen MR) is 82.6 cm³/mol. The largest absolute Gasteiger partial charge is 0.496 e. The van der Waals surface area contributed by atoms with E-state index in [4.69, 9.17) is 4.74 Å². The average Bonchev–Trinajstić information content (AvgIpc) is 2.40. The van der Waals surface area contributed by atoms with Crippen LogP contribution in [0.2, 0.25) is 0 Å². The Balaban J connectivity index is 2.51. The van der Waals surface area contributed by atoms with Crippen molar-refractivity contribution < 1.29 is 9.13 Å². The zero-order chi connectivity index (χ0) is 14.0. The molecule has 0 amide bonds. The molecule has 0 saturated heterocycles. The van der Waals surface area contributed by atoms with Crippen LogP contribution in [0.3, 0.4) is 0 Å². The van der Waals surface area contributed by atoms with Gasteiger partial charge < -0.3 is 4.74 Å². The highest BCUT2D eigenvalue weighted by atomic mass is 79.9. The molecule has 0 radical (unpaired) electrons. The van der Waals surface area contributed by atoms with Crippen molar-refractivity contribution in [2.45, 2.75) is 11.8 Å². The second-order valence-electron chi connectivity index (χ2n) is 4.25. The summed E-state index contributed by atoms with van der Waals surface area (Å²) in [5.41, 5.74) is 2.90. The van der Waals surface area contributed by atoms with Crippen LogP contribution in [-0.4, -0.2) is 7.11 Å². The quantitative estimate of drug-likeness (QED) is 0.641. The molecule has 1 atom stereocenters. The van der Waals surface area contributed by atoms with Crippen molar-refractivity contribution in [3.63, 3.8) is 0 Å². The van der Waals surface area contributed by atoms with Gasteiger partial charge in [-0.05, 0) is 48.4 Å². The Hall–Kier alpha value is -0.870. The molecule has 0 aromatic heterocycles. The summed E-state index contributed by atoms with van der Waals surface area (Å²) in [6.45, 7) is 1.97. The zero-order valence-corrected chi connectivity index (χ0v) is 13.8. The maximum atomic E-state index is 13.4. The SMILES string of the molecule is COc1ccc(Br)cc1C(Br)c1cc(F)ccc1C. The highest BCUT2D eigenvalue weighted by Gasteiger charge is 2.18. The van der Waals surface area contributed by atoms with Crippen LogP contribution in [0.25, 0.3) is 0 Å². The molecule has 4 heteroatoms. The van der Waals surface area contributed by atoms with Gasteiger partial charge in [0.15, 0.2) is 0 Å². The fourth-order valence-electron chi connectivity index (χ4n) is 1.96. The Morgan fingerprint density at radius 1 is 1.11 bits per heavy atom. The molecule has 2 aromatic rings. The van der Waals surface area contributed by atoms with Crippen LogP contribution in [0.15, 0.2) is 40.9 Å². The molecule has 0 N–H and O–H groups in total. The van der Waals surface area contributed by atoms with Crippen LogP contribution in [0.4, 0.5) is 4.39 Å². The second kappa shape index (κ2) is 6.06. The van der Waals surface area contributed by atoms with Crippen molar-refractivity contribution in [2.24, 2.45) is 0 Å². The Morgan fingerprint density at radius 2 is 1.84 bits per heavy atom. The van der Waals surface area contributed by atoms with Gasteiger partial charge in [-0.25, -0.2) is 4.39 Å². The number of ether oxygens (including phenoxy) is 1. The third-order valence-corrected chi connectivity index (χ3v) is 4.46. The van der Waals surface area contributed by atoms with E-state index in [1.807, 2.05) is 25.1 Å². The van der Waals surface area contributed by atoms with Gasteiger partial charge in [-0.3, -0.25) is 0 Å². The average molecular weight is 388 g/mol. The molecule has 0 heterocycles. The van der Waals surface area contributed by atoms with Crippen LogP contribution in [0.5, 0.6) is 5.75 Å². The van der Waals surface area contributed by atoms with Crippen molar-refractivity contribution in [3.05, 3.63) is 63.4 Å². The molecule has 0 fully saturated rings. The third kappa shape index (κ3) is 3.18. The molecule has 0 aliphatic rings. The summed E-state index contributed by atoms with van der Waals surface area (Å²) >= 11 is 7.09. The zero-order valence-electron chi connectivity index (χ0n) is 10.6. The van der Waals surface area contributed by atoms with Crippen molar-refractivity contribution in [1.82, 2.24) is 0 Å². The van der Waals surface area contributed by atoms with Gasteiger partial charge in [0, 0.05) is 10.0 Å². The number of aryl methyl sites for hydroxylation is 1. The third-order valence-electron chi connectivity index (χ3n) is 2.98. The Labute approximate surface area is 129 Å². The second-order valence-corrected chi connectivity index (χ2v) is 6.08. The smallest absolute Gasteiger partial charge is 0.123 e. The summed E-state index contributed by atoms with van der Waals surface area (Å²) in [4.78, 5) is -0.115. The summed E-state index contributed by atoms with van der Waals surface area (Å²) in [5, 5.41) is 0. The van der Waals surface area contributed by atoms with E-state index >= 15 is 0 Å². The minimum atomic E-state index is -0.237. The van der Waals surface area contributed by atoms with E-state index in [-0.39, 0.29) is 10.6 Å². The van der Waals surface area contributed by atoms with Gasteiger partial charge in [0.2, 0.25) is 0 Å². The molecule has 2 aromatic carbocycles. The first-order valence-corrected chi connectivity index (χ1v) is 7.47. The Morgan fingerprint density at radius 3 is 2.53 bits per heavy atom. The topological polar surface area (TPSA) is 9.23 Å². The van der Waals surface area contributed by atoms with E-state index in [1.165, 1.54) is 6.07 Å². The van der Waals surface area contributed by atoms with Crippen LogP contribution < -0.4 is 4.74 Å². The number of halogens is 3. The Bertz CT molecular complexity index is 599. The molecule has 0 bridgehead atoms. The fourth-order valence-corrected chi connectivity index (χ4v) is 3.19. The van der Waals surface area contributed by atoms with E-state index < -0.39 is 0 Å². The number of alkyl halides is 1. The van der Waals surface area contributed by atoms with Crippen LogP contribution in [0.1, 0.15) is 21.5 Å². The molecule has 0 spiro atoms. The maximum absolute atomic E-state index is 13.4. The summed E-state index contributed by atoms with van der Waals surface area (Å²) in [6, 6.07) is 10.6. The monoisotopic (exact) mass is 386 g/mol. The normalized spacial score (nSPS) is 12.3. The summed E-state index contributed by atoms with van der Waals surface area (Å²) in [5.74, 6) is 0.535. The molecule has 0 aliphatic carbocycles. The molecular formula is C15H13Br2FO. The van der Waals surface area contributed by atoms with E-state index in [1.54, 1.807) is 19.2 Å². The standard InChI is InChI=1S/C15H13Br2FO/c1-9-3-5-11(18)8-12(9)15(17)13-7-10(16)4-6-14(13)19-2/h3-8,15H,1-2H3. The minimum absolute atomic E-state index is 0.115. The van der Waals surface area contributed by atoms with Gasteiger partial charge in [-0.2, -0.15) is 0 Å². The van der Waals surface area contributed by atoms with E-state index in [0.717, 1.165) is 26.9 Å². The minimum Gasteiger partial charge on any atom is -0.496 e. The van der Waals surface area contributed by atoms with Gasteiger partial charge in [0.1, 0.15) is 11.6 Å². The van der Waals surface area contributed by atoms with Crippen molar-refractivity contribution in [2.75, 3.05) is 7.11 Å². The van der Waals surface area contributed by atoms with Crippen LogP contribution >= 0.6 is 31.9 Å². The predicted octanol–water partition coefficient (Wildman–Crippen LogP) is 5.39. The Kier molecular flexibility index (Phi) is 4.63. The molecule has 19 heavy (non-hydrogen) atoms.